The van der Waals surface area contributed by atoms with Crippen molar-refractivity contribution in [2.75, 3.05) is 24.6 Å². The number of benzene rings is 1. The van der Waals surface area contributed by atoms with Crippen molar-refractivity contribution < 1.29 is 14.3 Å². The minimum atomic E-state index is -0.405. The number of amides is 2. The Bertz CT molecular complexity index is 513. The predicted molar refractivity (Wildman–Crippen MR) is 81.4 cm³/mol. The van der Waals surface area contributed by atoms with E-state index in [-0.39, 0.29) is 11.8 Å². The fourth-order valence-electron chi connectivity index (χ4n) is 2.56. The molecule has 2 rings (SSSR count). The van der Waals surface area contributed by atoms with Crippen LogP contribution >= 0.6 is 0 Å². The van der Waals surface area contributed by atoms with E-state index in [1.54, 1.807) is 16.7 Å². The first-order valence-corrected chi connectivity index (χ1v) is 7.42. The van der Waals surface area contributed by atoms with Gasteiger partial charge in [0.15, 0.2) is 0 Å². The normalized spacial score (nSPS) is 18.8. The van der Waals surface area contributed by atoms with Gasteiger partial charge in [0, 0.05) is 25.2 Å². The average molecular weight is 290 g/mol. The van der Waals surface area contributed by atoms with E-state index >= 15 is 0 Å². The fraction of sp³-hybridized carbons (Fsp3) is 0.500. The Labute approximate surface area is 125 Å². The maximum absolute atomic E-state index is 12.5. The number of carbonyl (C=O) groups excluding carboxylic acids is 2. The maximum atomic E-state index is 12.5. The SMILES string of the molecule is CCOc1ccc(N2CCN(C(=O)CC)C(C)C2=O)cc1. The van der Waals surface area contributed by atoms with Gasteiger partial charge in [0.2, 0.25) is 11.8 Å². The van der Waals surface area contributed by atoms with Gasteiger partial charge in [-0.3, -0.25) is 9.59 Å². The molecule has 1 aliphatic heterocycles. The van der Waals surface area contributed by atoms with Crippen LogP contribution in [0.25, 0.3) is 0 Å². The summed E-state index contributed by atoms with van der Waals surface area (Å²) in [6, 6.07) is 7.08. The van der Waals surface area contributed by atoms with Gasteiger partial charge in [0.1, 0.15) is 11.8 Å². The quantitative estimate of drug-likeness (QED) is 0.853. The summed E-state index contributed by atoms with van der Waals surface area (Å²) in [5, 5.41) is 0. The second kappa shape index (κ2) is 6.61. The number of carbonyl (C=O) groups is 2. The molecule has 5 nitrogen and oxygen atoms in total. The Balaban J connectivity index is 2.12. The van der Waals surface area contributed by atoms with Crippen molar-refractivity contribution in [2.24, 2.45) is 0 Å². The van der Waals surface area contributed by atoms with Crippen LogP contribution in [0.15, 0.2) is 24.3 Å². The summed E-state index contributed by atoms with van der Waals surface area (Å²) < 4.78 is 5.40. The van der Waals surface area contributed by atoms with Crippen molar-refractivity contribution in [3.8, 4) is 5.75 Å². The van der Waals surface area contributed by atoms with Crippen LogP contribution < -0.4 is 9.64 Å². The second-order valence-corrected chi connectivity index (χ2v) is 5.03. The lowest BCUT2D eigenvalue weighted by Gasteiger charge is -2.39. The number of piperazine rings is 1. The topological polar surface area (TPSA) is 49.9 Å². The summed E-state index contributed by atoms with van der Waals surface area (Å²) in [5.41, 5.74) is 0.846. The van der Waals surface area contributed by atoms with Crippen molar-refractivity contribution in [2.45, 2.75) is 33.2 Å². The van der Waals surface area contributed by atoms with E-state index in [0.29, 0.717) is 26.1 Å². The summed E-state index contributed by atoms with van der Waals surface area (Å²) >= 11 is 0. The van der Waals surface area contributed by atoms with Crippen molar-refractivity contribution in [3.05, 3.63) is 24.3 Å². The molecular formula is C16H22N2O3. The van der Waals surface area contributed by atoms with Gasteiger partial charge in [-0.1, -0.05) is 6.92 Å². The Morgan fingerprint density at radius 1 is 1.24 bits per heavy atom. The summed E-state index contributed by atoms with van der Waals surface area (Å²) in [6.07, 6.45) is 0.431. The molecule has 0 bridgehead atoms. The smallest absolute Gasteiger partial charge is 0.249 e. The van der Waals surface area contributed by atoms with E-state index in [9.17, 15) is 9.59 Å². The monoisotopic (exact) mass is 290 g/mol. The molecule has 5 heteroatoms. The Hall–Kier alpha value is -2.04. The van der Waals surface area contributed by atoms with E-state index in [4.69, 9.17) is 4.74 Å². The van der Waals surface area contributed by atoms with Gasteiger partial charge in [-0.15, -0.1) is 0 Å². The molecule has 1 aromatic carbocycles. The van der Waals surface area contributed by atoms with Gasteiger partial charge in [-0.25, -0.2) is 0 Å². The molecule has 2 amide bonds. The van der Waals surface area contributed by atoms with E-state index < -0.39 is 6.04 Å². The van der Waals surface area contributed by atoms with Crippen LogP contribution in [0, 0.1) is 0 Å². The first-order chi connectivity index (χ1) is 10.1. The van der Waals surface area contributed by atoms with Gasteiger partial charge in [0.05, 0.1) is 6.61 Å². The highest BCUT2D eigenvalue weighted by Crippen LogP contribution is 2.23. The predicted octanol–water partition coefficient (Wildman–Crippen LogP) is 2.06. The van der Waals surface area contributed by atoms with Crippen LogP contribution in [-0.2, 0) is 9.59 Å². The molecule has 1 aromatic rings. The molecule has 1 saturated heterocycles. The average Bonchev–Trinajstić information content (AvgIpc) is 2.50. The number of nitrogens with zero attached hydrogens (tertiary/aromatic N) is 2. The van der Waals surface area contributed by atoms with Gasteiger partial charge in [0.25, 0.3) is 0 Å². The summed E-state index contributed by atoms with van der Waals surface area (Å²) in [6.45, 7) is 7.26. The Kier molecular flexibility index (Phi) is 4.83. The minimum Gasteiger partial charge on any atom is -0.494 e. The van der Waals surface area contributed by atoms with Crippen LogP contribution in [0.5, 0.6) is 5.75 Å². The third kappa shape index (κ3) is 3.17. The summed E-state index contributed by atoms with van der Waals surface area (Å²) in [7, 11) is 0. The Morgan fingerprint density at radius 2 is 1.90 bits per heavy atom. The van der Waals surface area contributed by atoms with Crippen molar-refractivity contribution in [3.63, 3.8) is 0 Å². The van der Waals surface area contributed by atoms with Crippen molar-refractivity contribution in [1.82, 2.24) is 4.90 Å². The fourth-order valence-corrected chi connectivity index (χ4v) is 2.56. The molecule has 0 saturated carbocycles. The molecular weight excluding hydrogens is 268 g/mol. The van der Waals surface area contributed by atoms with Crippen LogP contribution in [0.1, 0.15) is 27.2 Å². The maximum Gasteiger partial charge on any atom is 0.249 e. The van der Waals surface area contributed by atoms with Crippen LogP contribution in [0.3, 0.4) is 0 Å². The van der Waals surface area contributed by atoms with Gasteiger partial charge < -0.3 is 14.5 Å². The largest absolute Gasteiger partial charge is 0.494 e. The number of hydrogen-bond acceptors (Lipinski definition) is 3. The molecule has 114 valence electrons. The molecule has 0 spiro atoms. The summed E-state index contributed by atoms with van der Waals surface area (Å²) in [4.78, 5) is 27.7. The molecule has 1 aliphatic rings. The van der Waals surface area contributed by atoms with Gasteiger partial charge in [-0.05, 0) is 38.1 Å². The number of anilines is 1. The standard InChI is InChI=1S/C16H22N2O3/c1-4-15(19)17-10-11-18(16(20)12(17)3)13-6-8-14(9-7-13)21-5-2/h6-9,12H,4-5,10-11H2,1-3H3. The number of ether oxygens (including phenoxy) is 1. The summed E-state index contributed by atoms with van der Waals surface area (Å²) in [5.74, 6) is 0.788. The minimum absolute atomic E-state index is 0.0298. The molecule has 1 unspecified atom stereocenters. The Morgan fingerprint density at radius 3 is 2.48 bits per heavy atom. The molecule has 21 heavy (non-hydrogen) atoms. The zero-order valence-corrected chi connectivity index (χ0v) is 12.8. The number of hydrogen-bond donors (Lipinski definition) is 0. The van der Waals surface area contributed by atoms with Crippen molar-refractivity contribution in [1.29, 1.82) is 0 Å². The molecule has 0 aromatic heterocycles. The first kappa shape index (κ1) is 15.4. The highest BCUT2D eigenvalue weighted by molar-refractivity contribution is 6.00. The third-order valence-corrected chi connectivity index (χ3v) is 3.74. The molecule has 0 N–H and O–H groups in total. The van der Waals surface area contributed by atoms with Crippen molar-refractivity contribution >= 4 is 17.5 Å². The zero-order valence-electron chi connectivity index (χ0n) is 12.8. The molecule has 1 fully saturated rings. The first-order valence-electron chi connectivity index (χ1n) is 7.42. The second-order valence-electron chi connectivity index (χ2n) is 5.03. The lowest BCUT2D eigenvalue weighted by molar-refractivity contribution is -0.140. The van der Waals surface area contributed by atoms with Crippen LogP contribution in [0.2, 0.25) is 0 Å². The highest BCUT2D eigenvalue weighted by Gasteiger charge is 2.34. The molecule has 0 aliphatic carbocycles. The van der Waals surface area contributed by atoms with E-state index in [0.717, 1.165) is 11.4 Å². The van der Waals surface area contributed by atoms with Crippen LogP contribution in [0.4, 0.5) is 5.69 Å². The highest BCUT2D eigenvalue weighted by atomic mass is 16.5. The van der Waals surface area contributed by atoms with E-state index in [2.05, 4.69) is 0 Å². The molecule has 1 heterocycles. The molecule has 0 radical (unpaired) electrons. The van der Waals surface area contributed by atoms with E-state index in [1.807, 2.05) is 38.1 Å². The van der Waals surface area contributed by atoms with E-state index in [1.165, 1.54) is 0 Å². The molecule has 1 atom stereocenters. The number of rotatable bonds is 4. The van der Waals surface area contributed by atoms with Crippen LogP contribution in [-0.4, -0.2) is 42.5 Å². The van der Waals surface area contributed by atoms with Gasteiger partial charge in [-0.2, -0.15) is 0 Å². The van der Waals surface area contributed by atoms with Gasteiger partial charge >= 0.3 is 0 Å². The lowest BCUT2D eigenvalue weighted by Crippen LogP contribution is -2.57. The lowest BCUT2D eigenvalue weighted by atomic mass is 10.1. The zero-order chi connectivity index (χ0) is 15.4. The third-order valence-electron chi connectivity index (χ3n) is 3.74.